The van der Waals surface area contributed by atoms with Crippen molar-refractivity contribution >= 4 is 53.4 Å². The van der Waals surface area contributed by atoms with E-state index >= 15 is 0 Å². The van der Waals surface area contributed by atoms with E-state index in [4.69, 9.17) is 34.3 Å². The average molecular weight is 1530 g/mol. The number of furan rings is 1. The minimum absolute atomic E-state index is 0.278. The molecule has 0 saturated carbocycles. The largest absolute Gasteiger partial charge is 0.456 e. The minimum atomic E-state index is -0.492. The molecule has 4 aliphatic carbocycles. The number of benzene rings is 16. The number of nitrogens with zero attached hydrogens (tertiary/aromatic N) is 6. The topological polar surface area (TPSA) is 90.5 Å². The number of hydrogen-bond donors (Lipinski definition) is 0. The van der Waals surface area contributed by atoms with Crippen LogP contribution in [0.5, 0.6) is 0 Å². The van der Waals surface area contributed by atoms with Crippen LogP contribution in [0.4, 0.5) is 0 Å². The van der Waals surface area contributed by atoms with Gasteiger partial charge in [-0.05, 0) is 160 Å². The van der Waals surface area contributed by atoms with Gasteiger partial charge in [-0.2, -0.15) is 0 Å². The van der Waals surface area contributed by atoms with Crippen molar-refractivity contribution in [3.8, 4) is 113 Å². The maximum Gasteiger partial charge on any atom is 0.164 e. The van der Waals surface area contributed by atoms with E-state index in [0.717, 1.165) is 66.4 Å². The quantitative estimate of drug-likeness (QED) is 0.150. The number of hydrogen-bond acceptors (Lipinski definition) is 8. The first-order valence-corrected chi connectivity index (χ1v) is 41.4. The van der Waals surface area contributed by atoms with Crippen molar-refractivity contribution in [2.45, 2.75) is 49.4 Å². The second-order valence-corrected chi connectivity index (χ2v) is 33.7. The van der Waals surface area contributed by atoms with Crippen LogP contribution >= 0.6 is 11.3 Å². The van der Waals surface area contributed by atoms with Crippen LogP contribution in [0.1, 0.15) is 94.5 Å². The summed E-state index contributed by atoms with van der Waals surface area (Å²) in [6, 6.07) is 135. The number of rotatable bonds is 8. The molecule has 0 amide bonds. The third-order valence-corrected chi connectivity index (χ3v) is 26.7. The summed E-state index contributed by atoms with van der Waals surface area (Å²) in [6.45, 7) is 9.59. The lowest BCUT2D eigenvalue weighted by Gasteiger charge is -2.47. The van der Waals surface area contributed by atoms with Crippen LogP contribution in [0.25, 0.3) is 155 Å². The SMILES string of the molecule is CC1(C)c2ccccc2C2(c3ccccc3-c3ccccc32)c2ccc3oc4ccc(-c5nc(-c6ccccc6)nc(-c6ccc(-c7ccccc7)cc6)n5)cc4c3c21.CC1(C)c2ccccc2C2(c3ccccc3-c3ccccc32)c2ccc3sc4ccc(-c5nc(-c6ccccc6)nc(-c6ccc(-c7ccccc7)cc6)n5)cc4c3c21. The fourth-order valence-electron chi connectivity index (χ4n) is 20.4. The molecule has 0 radical (unpaired) electrons. The van der Waals surface area contributed by atoms with Gasteiger partial charge in [-0.25, -0.2) is 29.9 Å². The molecule has 0 unspecified atom stereocenters. The Labute approximate surface area is 688 Å². The lowest BCUT2D eigenvalue weighted by atomic mass is 9.55. The summed E-state index contributed by atoms with van der Waals surface area (Å²) in [7, 11) is 0. The first-order chi connectivity index (χ1) is 58.0. The Kier molecular flexibility index (Phi) is 15.6. The van der Waals surface area contributed by atoms with E-state index in [1.54, 1.807) is 0 Å². The molecule has 7 nitrogen and oxygen atoms in total. The van der Waals surface area contributed by atoms with Gasteiger partial charge in [0.2, 0.25) is 0 Å². The van der Waals surface area contributed by atoms with Gasteiger partial charge in [0.25, 0.3) is 0 Å². The summed E-state index contributed by atoms with van der Waals surface area (Å²) in [5.74, 6) is 3.84. The van der Waals surface area contributed by atoms with E-state index in [1.807, 2.05) is 59.9 Å². The van der Waals surface area contributed by atoms with Crippen molar-refractivity contribution in [1.82, 2.24) is 29.9 Å². The third kappa shape index (κ3) is 10.3. The Morgan fingerprint density at radius 3 is 0.907 bits per heavy atom. The van der Waals surface area contributed by atoms with Crippen LogP contribution in [0.15, 0.2) is 381 Å². The lowest BCUT2D eigenvalue weighted by Crippen LogP contribution is -2.40. The summed E-state index contributed by atoms with van der Waals surface area (Å²) >= 11 is 1.87. The molecular formula is C110H74N6OS. The van der Waals surface area contributed by atoms with Crippen LogP contribution in [-0.4, -0.2) is 29.9 Å². The van der Waals surface area contributed by atoms with Gasteiger partial charge in [-0.1, -0.05) is 355 Å². The third-order valence-electron chi connectivity index (χ3n) is 25.6. The summed E-state index contributed by atoms with van der Waals surface area (Å²) in [4.78, 5) is 30.8. The molecule has 16 aromatic carbocycles. The molecule has 556 valence electrons. The molecule has 0 N–H and O–H groups in total. The molecule has 0 atom stereocenters. The predicted octanol–water partition coefficient (Wildman–Crippen LogP) is 27.4. The van der Waals surface area contributed by atoms with Crippen molar-refractivity contribution in [3.63, 3.8) is 0 Å². The molecule has 4 aliphatic rings. The first-order valence-electron chi connectivity index (χ1n) is 40.5. The highest BCUT2D eigenvalue weighted by molar-refractivity contribution is 7.25. The summed E-state index contributed by atoms with van der Waals surface area (Å²) in [6.07, 6.45) is 0. The fraction of sp³-hybridized carbons (Fsp3) is 0.0727. The van der Waals surface area contributed by atoms with E-state index in [2.05, 4.69) is 355 Å². The molecule has 4 heterocycles. The molecule has 24 rings (SSSR count). The molecule has 4 aromatic heterocycles. The predicted molar refractivity (Wildman–Crippen MR) is 482 cm³/mol. The Morgan fingerprint density at radius 1 is 0.212 bits per heavy atom. The molecule has 118 heavy (non-hydrogen) atoms. The number of thiophene rings is 1. The highest BCUT2D eigenvalue weighted by atomic mass is 32.1. The molecule has 0 bridgehead atoms. The lowest BCUT2D eigenvalue weighted by molar-refractivity contribution is 0.567. The highest BCUT2D eigenvalue weighted by Crippen LogP contribution is 2.66. The molecule has 0 fully saturated rings. The van der Waals surface area contributed by atoms with Crippen LogP contribution in [0.2, 0.25) is 0 Å². The van der Waals surface area contributed by atoms with Crippen LogP contribution in [0, 0.1) is 0 Å². The zero-order chi connectivity index (χ0) is 78.6. The maximum atomic E-state index is 6.76. The zero-order valence-corrected chi connectivity index (χ0v) is 66.1. The number of fused-ring (bicyclic) bond motifs is 26. The average Bonchev–Trinajstić information content (AvgIpc) is 1.45. The van der Waals surface area contributed by atoms with Gasteiger partial charge in [0, 0.05) is 75.2 Å². The van der Waals surface area contributed by atoms with E-state index in [0.29, 0.717) is 34.9 Å². The Hall–Kier alpha value is -14.4. The van der Waals surface area contributed by atoms with Gasteiger partial charge < -0.3 is 4.42 Å². The highest BCUT2D eigenvalue weighted by Gasteiger charge is 2.56. The van der Waals surface area contributed by atoms with E-state index in [-0.39, 0.29) is 10.8 Å². The smallest absolute Gasteiger partial charge is 0.164 e. The molecule has 0 saturated heterocycles. The zero-order valence-electron chi connectivity index (χ0n) is 65.3. The Bertz CT molecular complexity index is 6940. The van der Waals surface area contributed by atoms with Gasteiger partial charge in [0.1, 0.15) is 11.2 Å². The second kappa shape index (κ2) is 26.6. The number of aromatic nitrogens is 6. The van der Waals surface area contributed by atoms with Crippen molar-refractivity contribution in [2.24, 2.45) is 0 Å². The maximum absolute atomic E-state index is 6.76. The van der Waals surface area contributed by atoms with Crippen molar-refractivity contribution in [2.75, 3.05) is 0 Å². The van der Waals surface area contributed by atoms with Crippen molar-refractivity contribution in [3.05, 3.63) is 443 Å². The van der Waals surface area contributed by atoms with Crippen LogP contribution in [0.3, 0.4) is 0 Å². The fourth-order valence-corrected chi connectivity index (χ4v) is 21.5. The van der Waals surface area contributed by atoms with Gasteiger partial charge >= 0.3 is 0 Å². The van der Waals surface area contributed by atoms with Crippen molar-refractivity contribution in [1.29, 1.82) is 0 Å². The van der Waals surface area contributed by atoms with Crippen LogP contribution in [-0.2, 0) is 21.7 Å². The monoisotopic (exact) mass is 1530 g/mol. The summed E-state index contributed by atoms with van der Waals surface area (Å²) < 4.78 is 9.30. The second-order valence-electron chi connectivity index (χ2n) is 32.6. The minimum Gasteiger partial charge on any atom is -0.456 e. The van der Waals surface area contributed by atoms with Gasteiger partial charge in [0.05, 0.1) is 10.8 Å². The molecule has 2 spiro atoms. The normalized spacial score (nSPS) is 14.2. The molecular weight excluding hydrogens is 1450 g/mol. The van der Waals surface area contributed by atoms with E-state index in [1.165, 1.54) is 120 Å². The van der Waals surface area contributed by atoms with Crippen LogP contribution < -0.4 is 0 Å². The summed E-state index contributed by atoms with van der Waals surface area (Å²) in [5, 5.41) is 4.73. The standard InChI is InChI=1S/C55H37N3O.C55H37N3S/c2*1-54(2)44-23-13-14-24-45(44)55(42-21-11-9-19-39(42)40-20-10-12-22-43(40)55)46-30-32-48-49(50(46)54)41-33-38(29-31-47(41)59-48)53-57-51(36-17-7-4-8-18-36)56-52(58-53)37-27-25-35(26-28-37)34-15-5-3-6-16-34/h2*3-33H,1-2H3. The molecule has 20 aromatic rings. The molecule has 8 heteroatoms. The van der Waals surface area contributed by atoms with Crippen molar-refractivity contribution < 1.29 is 4.42 Å². The van der Waals surface area contributed by atoms with Gasteiger partial charge in [0.15, 0.2) is 34.9 Å². The van der Waals surface area contributed by atoms with Gasteiger partial charge in [-0.3, -0.25) is 0 Å². The first kappa shape index (κ1) is 69.1. The summed E-state index contributed by atoms with van der Waals surface area (Å²) in [5.41, 5.74) is 31.7. The Morgan fingerprint density at radius 2 is 0.492 bits per heavy atom. The Balaban J connectivity index is 0.000000138. The van der Waals surface area contributed by atoms with E-state index in [9.17, 15) is 0 Å². The van der Waals surface area contributed by atoms with E-state index < -0.39 is 10.8 Å². The molecule has 0 aliphatic heterocycles. The van der Waals surface area contributed by atoms with Gasteiger partial charge in [-0.15, -0.1) is 11.3 Å².